The Morgan fingerprint density at radius 1 is 1.15 bits per heavy atom. The molecule has 0 aromatic rings. The number of hydrogen-bond donors (Lipinski definition) is 2. The Kier molecular flexibility index (Phi) is 4.07. The standard InChI is InChI=1S/C17H30N2O/c1-10-7-14(18)5-6-15(10)17(20)19-11(2)16-9-12-3-4-13(16)8-12/h10-16H,3-9,18H2,1-2H3,(H,19,20). The molecule has 0 spiro atoms. The molecule has 0 aliphatic heterocycles. The maximum absolute atomic E-state index is 12.5. The Bertz CT molecular complexity index is 370. The molecule has 114 valence electrons. The molecule has 0 radical (unpaired) electrons. The van der Waals surface area contributed by atoms with E-state index in [0.29, 0.717) is 23.9 Å². The fourth-order valence-corrected chi connectivity index (χ4v) is 5.17. The topological polar surface area (TPSA) is 55.1 Å². The van der Waals surface area contributed by atoms with Gasteiger partial charge in [-0.1, -0.05) is 13.3 Å². The van der Waals surface area contributed by atoms with Crippen LogP contribution < -0.4 is 11.1 Å². The average Bonchev–Trinajstić information content (AvgIpc) is 3.00. The van der Waals surface area contributed by atoms with Gasteiger partial charge in [0.05, 0.1) is 0 Å². The highest BCUT2D eigenvalue weighted by Gasteiger charge is 2.42. The molecule has 3 saturated carbocycles. The van der Waals surface area contributed by atoms with Gasteiger partial charge in [0, 0.05) is 18.0 Å². The number of hydrogen-bond acceptors (Lipinski definition) is 2. The molecule has 7 unspecified atom stereocenters. The van der Waals surface area contributed by atoms with Crippen LogP contribution in [0.3, 0.4) is 0 Å². The summed E-state index contributed by atoms with van der Waals surface area (Å²) in [5.74, 6) is 3.49. The monoisotopic (exact) mass is 278 g/mol. The number of carbonyl (C=O) groups excluding carboxylic acids is 1. The maximum Gasteiger partial charge on any atom is 0.223 e. The fraction of sp³-hybridized carbons (Fsp3) is 0.941. The first-order valence-electron chi connectivity index (χ1n) is 8.60. The van der Waals surface area contributed by atoms with Crippen molar-refractivity contribution in [2.24, 2.45) is 35.3 Å². The molecular formula is C17H30N2O. The van der Waals surface area contributed by atoms with Gasteiger partial charge in [0.25, 0.3) is 0 Å². The highest BCUT2D eigenvalue weighted by Crippen LogP contribution is 2.49. The fourth-order valence-electron chi connectivity index (χ4n) is 5.17. The lowest BCUT2D eigenvalue weighted by Crippen LogP contribution is -2.46. The van der Waals surface area contributed by atoms with Crippen LogP contribution in [0.15, 0.2) is 0 Å². The van der Waals surface area contributed by atoms with Crippen molar-refractivity contribution >= 4 is 5.91 Å². The van der Waals surface area contributed by atoms with Crippen molar-refractivity contribution in [3.05, 3.63) is 0 Å². The number of carbonyl (C=O) groups is 1. The van der Waals surface area contributed by atoms with E-state index in [0.717, 1.165) is 37.0 Å². The van der Waals surface area contributed by atoms with Crippen molar-refractivity contribution < 1.29 is 4.79 Å². The third kappa shape index (κ3) is 2.74. The lowest BCUT2D eigenvalue weighted by atomic mass is 9.77. The highest BCUT2D eigenvalue weighted by molar-refractivity contribution is 5.79. The number of amides is 1. The van der Waals surface area contributed by atoms with Crippen LogP contribution in [0.2, 0.25) is 0 Å². The summed E-state index contributed by atoms with van der Waals surface area (Å²) in [4.78, 5) is 12.5. The summed E-state index contributed by atoms with van der Waals surface area (Å²) in [7, 11) is 0. The van der Waals surface area contributed by atoms with E-state index >= 15 is 0 Å². The largest absolute Gasteiger partial charge is 0.353 e. The molecule has 20 heavy (non-hydrogen) atoms. The molecule has 1 amide bonds. The Hall–Kier alpha value is -0.570. The van der Waals surface area contributed by atoms with E-state index in [1.807, 2.05) is 0 Å². The lowest BCUT2D eigenvalue weighted by molar-refractivity contribution is -0.128. The predicted molar refractivity (Wildman–Crippen MR) is 81.0 cm³/mol. The van der Waals surface area contributed by atoms with Gasteiger partial charge in [0.1, 0.15) is 0 Å². The van der Waals surface area contributed by atoms with Gasteiger partial charge in [0.15, 0.2) is 0 Å². The summed E-state index contributed by atoms with van der Waals surface area (Å²) >= 11 is 0. The van der Waals surface area contributed by atoms with Crippen molar-refractivity contribution in [3.8, 4) is 0 Å². The zero-order valence-electron chi connectivity index (χ0n) is 13.0. The molecular weight excluding hydrogens is 248 g/mol. The van der Waals surface area contributed by atoms with Gasteiger partial charge < -0.3 is 11.1 Å². The smallest absolute Gasteiger partial charge is 0.223 e. The first-order valence-corrected chi connectivity index (χ1v) is 8.60. The zero-order chi connectivity index (χ0) is 14.3. The quantitative estimate of drug-likeness (QED) is 0.834. The minimum absolute atomic E-state index is 0.191. The normalized spacial score (nSPS) is 45.4. The molecule has 0 saturated heterocycles. The van der Waals surface area contributed by atoms with Crippen LogP contribution in [0.25, 0.3) is 0 Å². The van der Waals surface area contributed by atoms with Crippen molar-refractivity contribution in [1.82, 2.24) is 5.32 Å². The van der Waals surface area contributed by atoms with Gasteiger partial charge in [-0.2, -0.15) is 0 Å². The van der Waals surface area contributed by atoms with Gasteiger partial charge >= 0.3 is 0 Å². The van der Waals surface area contributed by atoms with E-state index in [1.165, 1.54) is 25.7 Å². The van der Waals surface area contributed by atoms with Gasteiger partial charge in [-0.05, 0) is 69.1 Å². The molecule has 7 atom stereocenters. The van der Waals surface area contributed by atoms with E-state index in [1.54, 1.807) is 0 Å². The maximum atomic E-state index is 12.5. The van der Waals surface area contributed by atoms with Crippen LogP contribution in [-0.4, -0.2) is 18.0 Å². The number of fused-ring (bicyclic) bond motifs is 2. The number of nitrogens with two attached hydrogens (primary N) is 1. The minimum Gasteiger partial charge on any atom is -0.353 e. The van der Waals surface area contributed by atoms with Crippen molar-refractivity contribution in [1.29, 1.82) is 0 Å². The first-order chi connectivity index (χ1) is 9.54. The van der Waals surface area contributed by atoms with Crippen LogP contribution >= 0.6 is 0 Å². The van der Waals surface area contributed by atoms with E-state index < -0.39 is 0 Å². The molecule has 3 heteroatoms. The summed E-state index contributed by atoms with van der Waals surface area (Å²) in [5, 5.41) is 3.34. The van der Waals surface area contributed by atoms with Crippen molar-refractivity contribution in [3.63, 3.8) is 0 Å². The molecule has 3 N–H and O–H groups in total. The second kappa shape index (κ2) is 5.67. The third-order valence-corrected chi connectivity index (χ3v) is 6.35. The van der Waals surface area contributed by atoms with E-state index in [9.17, 15) is 4.79 Å². The second-order valence-corrected chi connectivity index (χ2v) is 7.79. The van der Waals surface area contributed by atoms with Gasteiger partial charge in [-0.25, -0.2) is 0 Å². The molecule has 3 aliphatic carbocycles. The molecule has 3 aliphatic rings. The third-order valence-electron chi connectivity index (χ3n) is 6.35. The summed E-state index contributed by atoms with van der Waals surface area (Å²) < 4.78 is 0. The van der Waals surface area contributed by atoms with E-state index in [2.05, 4.69) is 19.2 Å². The Labute approximate surface area is 123 Å². The zero-order valence-corrected chi connectivity index (χ0v) is 13.0. The molecule has 2 bridgehead atoms. The first kappa shape index (κ1) is 14.4. The molecule has 0 aromatic heterocycles. The molecule has 3 rings (SSSR count). The Balaban J connectivity index is 1.53. The summed E-state index contributed by atoms with van der Waals surface area (Å²) in [6.07, 6.45) is 8.56. The van der Waals surface area contributed by atoms with Crippen LogP contribution in [-0.2, 0) is 4.79 Å². The van der Waals surface area contributed by atoms with Crippen molar-refractivity contribution in [2.45, 2.75) is 70.9 Å². The number of rotatable bonds is 3. The Morgan fingerprint density at radius 3 is 2.55 bits per heavy atom. The molecule has 3 nitrogen and oxygen atoms in total. The molecule has 0 aromatic carbocycles. The number of nitrogens with one attached hydrogen (secondary N) is 1. The van der Waals surface area contributed by atoms with Crippen LogP contribution in [0.5, 0.6) is 0 Å². The van der Waals surface area contributed by atoms with Crippen LogP contribution in [0.4, 0.5) is 0 Å². The SMILES string of the molecule is CC1CC(N)CCC1C(=O)NC(C)C1CC2CCC1C2. The van der Waals surface area contributed by atoms with Gasteiger partial charge in [0.2, 0.25) is 5.91 Å². The van der Waals surface area contributed by atoms with Crippen molar-refractivity contribution in [2.75, 3.05) is 0 Å². The summed E-state index contributed by atoms with van der Waals surface area (Å²) in [6, 6.07) is 0.664. The highest BCUT2D eigenvalue weighted by atomic mass is 16.2. The molecule has 0 heterocycles. The second-order valence-electron chi connectivity index (χ2n) is 7.79. The Morgan fingerprint density at radius 2 is 1.95 bits per heavy atom. The van der Waals surface area contributed by atoms with E-state index in [4.69, 9.17) is 5.73 Å². The minimum atomic E-state index is 0.191. The predicted octanol–water partition coefficient (Wildman–Crippen LogP) is 2.69. The summed E-state index contributed by atoms with van der Waals surface area (Å²) in [5.41, 5.74) is 6.00. The average molecular weight is 278 g/mol. The molecule has 3 fully saturated rings. The summed E-state index contributed by atoms with van der Waals surface area (Å²) in [6.45, 7) is 4.41. The van der Waals surface area contributed by atoms with Crippen LogP contribution in [0, 0.1) is 29.6 Å². The van der Waals surface area contributed by atoms with E-state index in [-0.39, 0.29) is 5.92 Å². The van der Waals surface area contributed by atoms with Gasteiger partial charge in [-0.3, -0.25) is 4.79 Å². The van der Waals surface area contributed by atoms with Gasteiger partial charge in [-0.15, -0.1) is 0 Å². The van der Waals surface area contributed by atoms with Crippen LogP contribution in [0.1, 0.15) is 58.8 Å². The lowest BCUT2D eigenvalue weighted by Gasteiger charge is -2.34.